The van der Waals surface area contributed by atoms with Crippen molar-refractivity contribution < 1.29 is 23.1 Å². The summed E-state index contributed by atoms with van der Waals surface area (Å²) in [5, 5.41) is 9.22. The maximum absolute atomic E-state index is 12.1. The Morgan fingerprint density at radius 3 is 2.52 bits per heavy atom. The van der Waals surface area contributed by atoms with E-state index in [2.05, 4.69) is 0 Å². The zero-order chi connectivity index (χ0) is 16.1. The molecule has 0 spiro atoms. The number of carboxylic acids is 1. The number of likely N-dealkylation sites (tertiary alicyclic amines) is 1. The van der Waals surface area contributed by atoms with Crippen molar-refractivity contribution in [1.82, 2.24) is 4.90 Å². The maximum atomic E-state index is 12.1. The third-order valence-electron chi connectivity index (χ3n) is 3.97. The predicted molar refractivity (Wildman–Crippen MR) is 79.7 cm³/mol. The lowest BCUT2D eigenvalue weighted by Crippen LogP contribution is -2.49. The van der Waals surface area contributed by atoms with Gasteiger partial charge in [-0.25, -0.2) is 8.42 Å². The van der Waals surface area contributed by atoms with Gasteiger partial charge in [0.1, 0.15) is 5.75 Å². The summed E-state index contributed by atoms with van der Waals surface area (Å²) in [5.74, 6) is -1.90. The Hall–Kier alpha value is -1.11. The van der Waals surface area contributed by atoms with E-state index in [0.29, 0.717) is 25.8 Å². The van der Waals surface area contributed by atoms with Gasteiger partial charge in [-0.3, -0.25) is 9.59 Å². The van der Waals surface area contributed by atoms with E-state index in [1.54, 1.807) is 6.92 Å². The molecule has 7 heteroatoms. The topological polar surface area (TPSA) is 91.8 Å². The summed E-state index contributed by atoms with van der Waals surface area (Å²) in [6.07, 6.45) is 3.42. The Bertz CT molecular complexity index is 488. The van der Waals surface area contributed by atoms with Crippen molar-refractivity contribution in [2.24, 2.45) is 5.41 Å². The fraction of sp³-hybridized carbons (Fsp3) is 0.857. The number of unbranched alkanes of at least 4 members (excludes halogenated alkanes) is 2. The number of carboxylic acid groups (broad SMARTS) is 1. The summed E-state index contributed by atoms with van der Waals surface area (Å²) >= 11 is 0. The number of nitrogens with zero attached hydrogens (tertiary/aromatic N) is 1. The highest BCUT2D eigenvalue weighted by Gasteiger charge is 2.39. The van der Waals surface area contributed by atoms with Gasteiger partial charge in [0, 0.05) is 13.1 Å². The summed E-state index contributed by atoms with van der Waals surface area (Å²) in [6, 6.07) is 0. The van der Waals surface area contributed by atoms with Crippen molar-refractivity contribution in [3.63, 3.8) is 0 Å². The molecule has 1 amide bonds. The number of amides is 1. The van der Waals surface area contributed by atoms with Crippen molar-refractivity contribution in [2.45, 2.75) is 46.0 Å². The Balaban J connectivity index is 2.61. The van der Waals surface area contributed by atoms with Gasteiger partial charge in [0.25, 0.3) is 0 Å². The normalized spacial score (nSPS) is 23.0. The summed E-state index contributed by atoms with van der Waals surface area (Å²) in [4.78, 5) is 24.7. The van der Waals surface area contributed by atoms with Gasteiger partial charge in [-0.1, -0.05) is 19.8 Å². The van der Waals surface area contributed by atoms with Gasteiger partial charge in [-0.05, 0) is 26.2 Å². The molecule has 0 radical (unpaired) electrons. The van der Waals surface area contributed by atoms with Crippen LogP contribution in [-0.2, 0) is 19.4 Å². The van der Waals surface area contributed by atoms with Crippen LogP contribution in [0.5, 0.6) is 0 Å². The minimum absolute atomic E-state index is 0.0244. The van der Waals surface area contributed by atoms with Crippen LogP contribution in [0.3, 0.4) is 0 Å². The number of sulfone groups is 1. The number of rotatable bonds is 7. The van der Waals surface area contributed by atoms with Crippen molar-refractivity contribution in [3.05, 3.63) is 0 Å². The molecule has 1 aliphatic rings. The number of carbonyl (C=O) groups excluding carboxylic acids is 1. The molecule has 1 atom stereocenters. The third kappa shape index (κ3) is 5.30. The molecule has 0 saturated carbocycles. The van der Waals surface area contributed by atoms with E-state index >= 15 is 0 Å². The Morgan fingerprint density at radius 2 is 1.95 bits per heavy atom. The Morgan fingerprint density at radius 1 is 1.29 bits per heavy atom. The van der Waals surface area contributed by atoms with Crippen LogP contribution in [0.15, 0.2) is 0 Å². The second kappa shape index (κ2) is 7.24. The van der Waals surface area contributed by atoms with Gasteiger partial charge in [0.2, 0.25) is 5.91 Å². The molecular formula is C14H25NO5S. The number of aliphatic carboxylic acids is 1. The van der Waals surface area contributed by atoms with E-state index in [4.69, 9.17) is 0 Å². The van der Waals surface area contributed by atoms with Crippen LogP contribution in [0.1, 0.15) is 46.0 Å². The second-order valence-corrected chi connectivity index (χ2v) is 8.27. The van der Waals surface area contributed by atoms with E-state index in [1.165, 1.54) is 4.90 Å². The minimum Gasteiger partial charge on any atom is -0.481 e. The molecule has 0 aromatic rings. The standard InChI is InChI=1S/C14H25NO5S/c1-3-4-5-9-21(19,20)10-12(16)15-8-6-7-14(2,11-15)13(17)18/h3-11H2,1-2H3,(H,17,18). The molecule has 0 aliphatic carbocycles. The molecule has 1 unspecified atom stereocenters. The lowest BCUT2D eigenvalue weighted by Gasteiger charge is -2.37. The van der Waals surface area contributed by atoms with Crippen molar-refractivity contribution in [1.29, 1.82) is 0 Å². The first-order chi connectivity index (χ1) is 9.70. The van der Waals surface area contributed by atoms with Crippen LogP contribution in [0.4, 0.5) is 0 Å². The second-order valence-electron chi connectivity index (χ2n) is 6.08. The first-order valence-electron chi connectivity index (χ1n) is 7.42. The summed E-state index contributed by atoms with van der Waals surface area (Å²) in [6.45, 7) is 4.11. The minimum atomic E-state index is -3.40. The van der Waals surface area contributed by atoms with Gasteiger partial charge >= 0.3 is 5.97 Å². The number of hydrogen-bond donors (Lipinski definition) is 1. The highest BCUT2D eigenvalue weighted by atomic mass is 32.2. The lowest BCUT2D eigenvalue weighted by atomic mass is 9.82. The molecule has 6 nitrogen and oxygen atoms in total. The zero-order valence-electron chi connectivity index (χ0n) is 12.8. The predicted octanol–water partition coefficient (Wildman–Crippen LogP) is 1.30. The first-order valence-corrected chi connectivity index (χ1v) is 9.24. The molecule has 21 heavy (non-hydrogen) atoms. The Labute approximate surface area is 126 Å². The first kappa shape index (κ1) is 17.9. The monoisotopic (exact) mass is 319 g/mol. The molecule has 122 valence electrons. The van der Waals surface area contributed by atoms with Crippen LogP contribution in [0, 0.1) is 5.41 Å². The van der Waals surface area contributed by atoms with Gasteiger partial charge in [0.05, 0.1) is 11.2 Å². The highest BCUT2D eigenvalue weighted by molar-refractivity contribution is 7.92. The molecule has 1 heterocycles. The maximum Gasteiger partial charge on any atom is 0.311 e. The SMILES string of the molecule is CCCCCS(=O)(=O)CC(=O)N1CCCC(C)(C(=O)O)C1. The van der Waals surface area contributed by atoms with Crippen molar-refractivity contribution >= 4 is 21.7 Å². The Kier molecular flexibility index (Phi) is 6.19. The van der Waals surface area contributed by atoms with Gasteiger partial charge < -0.3 is 10.0 Å². The molecule has 1 saturated heterocycles. The molecule has 0 aromatic carbocycles. The van der Waals surface area contributed by atoms with Gasteiger partial charge in [0.15, 0.2) is 9.84 Å². The van der Waals surface area contributed by atoms with Crippen LogP contribution < -0.4 is 0 Å². The van der Waals surface area contributed by atoms with E-state index in [1.807, 2.05) is 6.92 Å². The molecular weight excluding hydrogens is 294 g/mol. The summed E-state index contributed by atoms with van der Waals surface area (Å²) in [5.41, 5.74) is -0.972. The highest BCUT2D eigenvalue weighted by Crippen LogP contribution is 2.29. The van der Waals surface area contributed by atoms with Gasteiger partial charge in [-0.15, -0.1) is 0 Å². The van der Waals surface area contributed by atoms with E-state index in [0.717, 1.165) is 12.8 Å². The van der Waals surface area contributed by atoms with E-state index < -0.39 is 32.9 Å². The average Bonchev–Trinajstić information content (AvgIpc) is 2.38. The smallest absolute Gasteiger partial charge is 0.311 e. The largest absolute Gasteiger partial charge is 0.481 e. The number of hydrogen-bond acceptors (Lipinski definition) is 4. The van der Waals surface area contributed by atoms with Crippen LogP contribution in [0.2, 0.25) is 0 Å². The zero-order valence-corrected chi connectivity index (χ0v) is 13.6. The van der Waals surface area contributed by atoms with E-state index in [-0.39, 0.29) is 12.3 Å². The molecule has 0 aromatic heterocycles. The number of piperidine rings is 1. The lowest BCUT2D eigenvalue weighted by molar-refractivity contribution is -0.153. The molecule has 1 rings (SSSR count). The summed E-state index contributed by atoms with van der Waals surface area (Å²) in [7, 11) is -3.40. The summed E-state index contributed by atoms with van der Waals surface area (Å²) < 4.78 is 23.8. The van der Waals surface area contributed by atoms with Crippen LogP contribution >= 0.6 is 0 Å². The van der Waals surface area contributed by atoms with Gasteiger partial charge in [-0.2, -0.15) is 0 Å². The quantitative estimate of drug-likeness (QED) is 0.714. The molecule has 1 fully saturated rings. The number of carbonyl (C=O) groups is 2. The van der Waals surface area contributed by atoms with Crippen LogP contribution in [0.25, 0.3) is 0 Å². The molecule has 1 N–H and O–H groups in total. The van der Waals surface area contributed by atoms with Crippen LogP contribution in [-0.4, -0.2) is 54.9 Å². The van der Waals surface area contributed by atoms with Crippen molar-refractivity contribution in [3.8, 4) is 0 Å². The fourth-order valence-corrected chi connectivity index (χ4v) is 3.90. The molecule has 0 bridgehead atoms. The van der Waals surface area contributed by atoms with Crippen molar-refractivity contribution in [2.75, 3.05) is 24.6 Å². The van der Waals surface area contributed by atoms with E-state index in [9.17, 15) is 23.1 Å². The fourth-order valence-electron chi connectivity index (χ4n) is 2.55. The third-order valence-corrected chi connectivity index (χ3v) is 5.57. The molecule has 1 aliphatic heterocycles. The average molecular weight is 319 g/mol.